The molecule has 0 aliphatic rings. The number of nitrogens with zero attached hydrogens (tertiary/aromatic N) is 5. The Balaban J connectivity index is 1.66. The maximum absolute atomic E-state index is 12.3. The Morgan fingerprint density at radius 3 is 2.52 bits per heavy atom. The van der Waals surface area contributed by atoms with Crippen LogP contribution in [0.1, 0.15) is 11.1 Å². The van der Waals surface area contributed by atoms with E-state index in [0.29, 0.717) is 17.1 Å². The van der Waals surface area contributed by atoms with Gasteiger partial charge in [0.2, 0.25) is 0 Å². The Labute approximate surface area is 166 Å². The molecule has 4 aromatic rings. The fourth-order valence-corrected chi connectivity index (χ4v) is 2.92. The molecule has 0 atom stereocenters. The third kappa shape index (κ3) is 4.01. The lowest BCUT2D eigenvalue weighted by Gasteiger charge is -2.09. The van der Waals surface area contributed by atoms with Crippen LogP contribution in [0.25, 0.3) is 22.6 Å². The minimum atomic E-state index is -0.225. The molecule has 0 aliphatic carbocycles. The quantitative estimate of drug-likeness (QED) is 0.583. The predicted octanol–water partition coefficient (Wildman–Crippen LogP) is 2.99. The maximum atomic E-state index is 12.3. The van der Waals surface area contributed by atoms with E-state index in [2.05, 4.69) is 21.1 Å². The van der Waals surface area contributed by atoms with Gasteiger partial charge in [0.25, 0.3) is 5.56 Å². The summed E-state index contributed by atoms with van der Waals surface area (Å²) in [4.78, 5) is 20.5. The number of hydrogen-bond acceptors (Lipinski definition) is 6. The molecule has 0 saturated carbocycles. The second-order valence-electron chi connectivity index (χ2n) is 6.37. The lowest BCUT2D eigenvalue weighted by molar-refractivity contribution is 0.470. The Morgan fingerprint density at radius 1 is 0.966 bits per heavy atom. The Bertz CT molecular complexity index is 1270. The molecule has 0 aliphatic heterocycles. The number of rotatable bonds is 4. The highest BCUT2D eigenvalue weighted by atomic mass is 16.3. The highest BCUT2D eigenvalue weighted by molar-refractivity contribution is 5.60. The van der Waals surface area contributed by atoms with Gasteiger partial charge in [-0.15, -0.1) is 0 Å². The molecule has 2 heterocycles. The van der Waals surface area contributed by atoms with Crippen LogP contribution in [-0.4, -0.2) is 24.9 Å². The van der Waals surface area contributed by atoms with E-state index in [1.165, 1.54) is 23.1 Å². The number of aromatic hydroxyl groups is 1. The molecule has 29 heavy (non-hydrogen) atoms. The molecular weight excluding hydrogens is 366 g/mol. The first-order valence-corrected chi connectivity index (χ1v) is 8.81. The van der Waals surface area contributed by atoms with Gasteiger partial charge in [-0.2, -0.15) is 10.4 Å². The maximum Gasteiger partial charge on any atom is 0.267 e. The molecular formula is C22H15N5O2. The van der Waals surface area contributed by atoms with E-state index in [9.17, 15) is 9.90 Å². The third-order valence-corrected chi connectivity index (χ3v) is 4.31. The second kappa shape index (κ2) is 7.74. The van der Waals surface area contributed by atoms with Crippen LogP contribution in [0.2, 0.25) is 0 Å². The van der Waals surface area contributed by atoms with Crippen molar-refractivity contribution in [2.24, 2.45) is 0 Å². The van der Waals surface area contributed by atoms with Crippen LogP contribution >= 0.6 is 0 Å². The van der Waals surface area contributed by atoms with Gasteiger partial charge in [-0.05, 0) is 29.8 Å². The smallest absolute Gasteiger partial charge is 0.267 e. The summed E-state index contributed by atoms with van der Waals surface area (Å²) in [5.74, 6) is 0.477. The zero-order valence-corrected chi connectivity index (χ0v) is 15.2. The fourth-order valence-electron chi connectivity index (χ4n) is 2.92. The molecule has 2 aromatic heterocycles. The number of aromatic nitrogens is 4. The number of nitriles is 1. The van der Waals surface area contributed by atoms with Gasteiger partial charge in [0, 0.05) is 17.2 Å². The molecule has 0 radical (unpaired) electrons. The van der Waals surface area contributed by atoms with E-state index < -0.39 is 0 Å². The summed E-state index contributed by atoms with van der Waals surface area (Å²) < 4.78 is 1.38. The average molecular weight is 381 g/mol. The van der Waals surface area contributed by atoms with E-state index >= 15 is 0 Å². The van der Waals surface area contributed by atoms with Crippen LogP contribution < -0.4 is 5.56 Å². The second-order valence-corrected chi connectivity index (χ2v) is 6.37. The lowest BCUT2D eigenvalue weighted by Crippen LogP contribution is -2.22. The fraction of sp³-hybridized carbons (Fsp3) is 0.0455. The first-order valence-electron chi connectivity index (χ1n) is 8.81. The van der Waals surface area contributed by atoms with Crippen molar-refractivity contribution in [3.63, 3.8) is 0 Å². The Morgan fingerprint density at radius 2 is 1.72 bits per heavy atom. The van der Waals surface area contributed by atoms with E-state index in [0.717, 1.165) is 16.7 Å². The molecule has 0 unspecified atom stereocenters. The van der Waals surface area contributed by atoms with Crippen molar-refractivity contribution in [2.45, 2.75) is 6.54 Å². The Kier molecular flexibility index (Phi) is 4.82. The van der Waals surface area contributed by atoms with Gasteiger partial charge < -0.3 is 5.11 Å². The average Bonchev–Trinajstić information content (AvgIpc) is 2.76. The molecule has 7 nitrogen and oxygen atoms in total. The van der Waals surface area contributed by atoms with E-state index in [1.807, 2.05) is 30.3 Å². The standard InChI is InChI=1S/C22H15N5O2/c23-11-15-3-1-5-17(9-15)20-7-8-21(29)27(26-20)14-16-4-2-6-18(10-16)22-24-12-19(28)13-25-22/h1-10,12-13,28H,14H2. The van der Waals surface area contributed by atoms with E-state index in [4.69, 9.17) is 5.26 Å². The van der Waals surface area contributed by atoms with E-state index in [-0.39, 0.29) is 17.9 Å². The van der Waals surface area contributed by atoms with Crippen LogP contribution in [0.4, 0.5) is 0 Å². The van der Waals surface area contributed by atoms with Crippen LogP contribution in [-0.2, 0) is 6.54 Å². The van der Waals surface area contributed by atoms with Crippen molar-refractivity contribution in [3.05, 3.63) is 94.5 Å². The SMILES string of the molecule is N#Cc1cccc(-c2ccc(=O)n(Cc3cccc(-c4ncc(O)cn4)c3)n2)c1. The molecule has 2 aromatic carbocycles. The van der Waals surface area contributed by atoms with Crippen molar-refractivity contribution < 1.29 is 5.11 Å². The van der Waals surface area contributed by atoms with Gasteiger partial charge in [-0.1, -0.05) is 30.3 Å². The summed E-state index contributed by atoms with van der Waals surface area (Å²) in [6, 6.07) is 19.8. The van der Waals surface area contributed by atoms with Crippen molar-refractivity contribution in [1.29, 1.82) is 5.26 Å². The number of benzene rings is 2. The summed E-state index contributed by atoms with van der Waals surface area (Å²) in [5, 5.41) is 22.9. The number of hydrogen-bond donors (Lipinski definition) is 1. The zero-order valence-electron chi connectivity index (χ0n) is 15.2. The Hall–Kier alpha value is -4.31. The van der Waals surface area contributed by atoms with Gasteiger partial charge in [0.05, 0.1) is 36.3 Å². The summed E-state index contributed by atoms with van der Waals surface area (Å²) >= 11 is 0. The summed E-state index contributed by atoms with van der Waals surface area (Å²) in [5.41, 5.74) is 3.31. The summed E-state index contributed by atoms with van der Waals surface area (Å²) in [7, 11) is 0. The summed E-state index contributed by atoms with van der Waals surface area (Å²) in [6.45, 7) is 0.274. The van der Waals surface area contributed by atoms with Crippen LogP contribution in [0.15, 0.2) is 77.9 Å². The highest BCUT2D eigenvalue weighted by Crippen LogP contribution is 2.19. The normalized spacial score (nSPS) is 10.4. The molecule has 0 amide bonds. The summed E-state index contributed by atoms with van der Waals surface area (Å²) in [6.07, 6.45) is 2.67. The van der Waals surface area contributed by atoms with Crippen molar-refractivity contribution >= 4 is 0 Å². The minimum absolute atomic E-state index is 0.00191. The first kappa shape index (κ1) is 18.1. The topological polar surface area (TPSA) is 105 Å². The van der Waals surface area contributed by atoms with Crippen molar-refractivity contribution in [2.75, 3.05) is 0 Å². The lowest BCUT2D eigenvalue weighted by atomic mass is 10.1. The largest absolute Gasteiger partial charge is 0.505 e. The van der Waals surface area contributed by atoms with Gasteiger partial charge in [-0.25, -0.2) is 14.6 Å². The van der Waals surface area contributed by atoms with Crippen LogP contribution in [0, 0.1) is 11.3 Å². The third-order valence-electron chi connectivity index (χ3n) is 4.31. The highest BCUT2D eigenvalue weighted by Gasteiger charge is 2.07. The monoisotopic (exact) mass is 381 g/mol. The molecule has 1 N–H and O–H groups in total. The predicted molar refractivity (Wildman–Crippen MR) is 107 cm³/mol. The van der Waals surface area contributed by atoms with Gasteiger partial charge in [0.15, 0.2) is 11.6 Å². The molecule has 0 saturated heterocycles. The molecule has 140 valence electrons. The van der Waals surface area contributed by atoms with Gasteiger partial charge >= 0.3 is 0 Å². The molecule has 0 bridgehead atoms. The van der Waals surface area contributed by atoms with Crippen LogP contribution in [0.3, 0.4) is 0 Å². The molecule has 4 rings (SSSR count). The van der Waals surface area contributed by atoms with Gasteiger partial charge in [0.1, 0.15) is 0 Å². The van der Waals surface area contributed by atoms with Crippen molar-refractivity contribution in [3.8, 4) is 34.5 Å². The van der Waals surface area contributed by atoms with E-state index in [1.54, 1.807) is 24.3 Å². The first-order chi connectivity index (χ1) is 14.1. The minimum Gasteiger partial charge on any atom is -0.505 e. The molecule has 0 spiro atoms. The van der Waals surface area contributed by atoms with Crippen molar-refractivity contribution in [1.82, 2.24) is 19.7 Å². The zero-order chi connectivity index (χ0) is 20.2. The van der Waals surface area contributed by atoms with Crippen LogP contribution in [0.5, 0.6) is 5.75 Å². The van der Waals surface area contributed by atoms with Gasteiger partial charge in [-0.3, -0.25) is 4.79 Å². The molecule has 7 heteroatoms. The molecule has 0 fully saturated rings.